The van der Waals surface area contributed by atoms with Crippen LogP contribution >= 0.6 is 27.7 Å². The van der Waals surface area contributed by atoms with Crippen LogP contribution in [0.2, 0.25) is 0 Å². The van der Waals surface area contributed by atoms with Crippen LogP contribution in [0.5, 0.6) is 0 Å². The van der Waals surface area contributed by atoms with E-state index in [1.165, 1.54) is 12.1 Å². The van der Waals surface area contributed by atoms with Crippen molar-refractivity contribution in [2.45, 2.75) is 10.2 Å². The molecule has 0 saturated heterocycles. The Morgan fingerprint density at radius 1 is 1.36 bits per heavy atom. The fourth-order valence-corrected chi connectivity index (χ4v) is 1.63. The molecular formula is C8H6BrF2NOS. The van der Waals surface area contributed by atoms with Crippen LogP contribution in [0.25, 0.3) is 0 Å². The van der Waals surface area contributed by atoms with Gasteiger partial charge in [-0.2, -0.15) is 8.78 Å². The molecule has 0 aromatic heterocycles. The summed E-state index contributed by atoms with van der Waals surface area (Å²) in [5.74, 6) is -1.63. The molecule has 0 aliphatic carbocycles. The number of primary amides is 1. The summed E-state index contributed by atoms with van der Waals surface area (Å²) in [6.45, 7) is 0. The summed E-state index contributed by atoms with van der Waals surface area (Å²) in [7, 11) is 0. The maximum Gasteiger partial charge on any atom is 0.374 e. The van der Waals surface area contributed by atoms with Gasteiger partial charge in [-0.3, -0.25) is 4.79 Å². The Morgan fingerprint density at radius 2 is 1.86 bits per heavy atom. The summed E-state index contributed by atoms with van der Waals surface area (Å²) in [4.78, 5) is 10.6. The van der Waals surface area contributed by atoms with Crippen molar-refractivity contribution >= 4 is 33.6 Å². The molecule has 0 fully saturated rings. The second kappa shape index (κ2) is 4.27. The minimum Gasteiger partial charge on any atom is -0.364 e. The summed E-state index contributed by atoms with van der Waals surface area (Å²) in [6, 6.07) is 6.18. The number of benzene rings is 1. The first-order valence-electron chi connectivity index (χ1n) is 3.54. The van der Waals surface area contributed by atoms with Crippen molar-refractivity contribution in [2.75, 3.05) is 0 Å². The third kappa shape index (κ3) is 2.95. The van der Waals surface area contributed by atoms with Crippen molar-refractivity contribution in [3.63, 3.8) is 0 Å². The second-order valence-electron chi connectivity index (χ2n) is 2.44. The second-order valence-corrected chi connectivity index (χ2v) is 4.54. The Kier molecular flexibility index (Phi) is 3.49. The molecule has 1 amide bonds. The molecule has 1 aromatic carbocycles. The monoisotopic (exact) mass is 281 g/mol. The van der Waals surface area contributed by atoms with E-state index in [4.69, 9.17) is 0 Å². The number of nitrogens with two attached hydrogens (primary N) is 1. The Labute approximate surface area is 92.0 Å². The van der Waals surface area contributed by atoms with E-state index in [0.717, 1.165) is 4.47 Å². The average Bonchev–Trinajstić information content (AvgIpc) is 2.08. The Morgan fingerprint density at radius 3 is 2.29 bits per heavy atom. The fourth-order valence-electron chi connectivity index (χ4n) is 0.701. The molecule has 0 atom stereocenters. The lowest BCUT2D eigenvalue weighted by Crippen LogP contribution is -2.31. The average molecular weight is 282 g/mol. The molecule has 1 rings (SSSR count). The largest absolute Gasteiger partial charge is 0.374 e. The Balaban J connectivity index is 2.79. The van der Waals surface area contributed by atoms with Gasteiger partial charge < -0.3 is 5.73 Å². The van der Waals surface area contributed by atoms with E-state index in [0.29, 0.717) is 0 Å². The number of carbonyl (C=O) groups excluding carboxylic acids is 1. The van der Waals surface area contributed by atoms with Crippen LogP contribution in [-0.2, 0) is 4.79 Å². The lowest BCUT2D eigenvalue weighted by molar-refractivity contribution is -0.131. The zero-order valence-electron chi connectivity index (χ0n) is 6.84. The summed E-state index contributed by atoms with van der Waals surface area (Å²) < 4.78 is 26.4. The van der Waals surface area contributed by atoms with E-state index in [1.807, 2.05) is 0 Å². The third-order valence-corrected chi connectivity index (χ3v) is 2.84. The van der Waals surface area contributed by atoms with Crippen molar-refractivity contribution in [3.8, 4) is 0 Å². The molecule has 6 heteroatoms. The molecule has 0 aliphatic rings. The van der Waals surface area contributed by atoms with Crippen molar-refractivity contribution in [1.29, 1.82) is 0 Å². The van der Waals surface area contributed by atoms with Gasteiger partial charge in [-0.15, -0.1) is 0 Å². The number of carbonyl (C=O) groups is 1. The van der Waals surface area contributed by atoms with Gasteiger partial charge in [-0.25, -0.2) is 0 Å². The summed E-state index contributed by atoms with van der Waals surface area (Å²) in [5.41, 5.74) is 4.53. The smallest absolute Gasteiger partial charge is 0.364 e. The number of alkyl halides is 2. The molecule has 0 spiro atoms. The maximum absolute atomic E-state index is 12.8. The van der Waals surface area contributed by atoms with Crippen LogP contribution in [0.3, 0.4) is 0 Å². The first kappa shape index (κ1) is 11.5. The molecule has 14 heavy (non-hydrogen) atoms. The fraction of sp³-hybridized carbons (Fsp3) is 0.125. The first-order chi connectivity index (χ1) is 6.42. The standard InChI is InChI=1S/C8H6BrF2NOS/c9-5-1-3-6(4-2-5)14-8(10,11)7(12)13/h1-4H,(H2,12,13). The van der Waals surface area contributed by atoms with Gasteiger partial charge in [0.15, 0.2) is 0 Å². The normalized spacial score (nSPS) is 11.4. The molecule has 1 aromatic rings. The molecule has 0 bridgehead atoms. The number of rotatable bonds is 3. The summed E-state index contributed by atoms with van der Waals surface area (Å²) in [5, 5.41) is -3.56. The van der Waals surface area contributed by atoms with E-state index in [2.05, 4.69) is 21.7 Å². The highest BCUT2D eigenvalue weighted by Gasteiger charge is 2.37. The molecule has 0 aliphatic heterocycles. The molecule has 0 radical (unpaired) electrons. The van der Waals surface area contributed by atoms with E-state index in [1.54, 1.807) is 12.1 Å². The van der Waals surface area contributed by atoms with Gasteiger partial charge >= 0.3 is 5.25 Å². The van der Waals surface area contributed by atoms with Gasteiger partial charge in [0.25, 0.3) is 5.91 Å². The zero-order valence-corrected chi connectivity index (χ0v) is 9.24. The van der Waals surface area contributed by atoms with Crippen LogP contribution in [0.4, 0.5) is 8.78 Å². The molecule has 0 unspecified atom stereocenters. The van der Waals surface area contributed by atoms with Crippen molar-refractivity contribution in [1.82, 2.24) is 0 Å². The topological polar surface area (TPSA) is 43.1 Å². The molecule has 0 saturated carbocycles. The summed E-state index contributed by atoms with van der Waals surface area (Å²) in [6.07, 6.45) is 0. The van der Waals surface area contributed by atoms with Crippen LogP contribution in [-0.4, -0.2) is 11.2 Å². The SMILES string of the molecule is NC(=O)C(F)(F)Sc1ccc(Br)cc1. The van der Waals surface area contributed by atoms with Crippen molar-refractivity contribution in [3.05, 3.63) is 28.7 Å². The Bertz CT molecular complexity index is 342. The van der Waals surface area contributed by atoms with Gasteiger partial charge in [0.05, 0.1) is 0 Å². The van der Waals surface area contributed by atoms with Gasteiger partial charge in [-0.1, -0.05) is 15.9 Å². The van der Waals surface area contributed by atoms with Gasteiger partial charge in [0, 0.05) is 9.37 Å². The van der Waals surface area contributed by atoms with Gasteiger partial charge in [0.1, 0.15) is 0 Å². The predicted octanol–water partition coefficient (Wildman–Crippen LogP) is 2.62. The highest BCUT2D eigenvalue weighted by Crippen LogP contribution is 2.35. The summed E-state index contributed by atoms with van der Waals surface area (Å²) >= 11 is 3.30. The van der Waals surface area contributed by atoms with Crippen LogP contribution in [0.15, 0.2) is 33.6 Å². The first-order valence-corrected chi connectivity index (χ1v) is 5.15. The molecule has 2 nitrogen and oxygen atoms in total. The number of hydrogen-bond acceptors (Lipinski definition) is 2. The van der Waals surface area contributed by atoms with E-state index in [9.17, 15) is 13.6 Å². The number of hydrogen-bond donors (Lipinski definition) is 1. The van der Waals surface area contributed by atoms with Gasteiger partial charge in [0.2, 0.25) is 0 Å². The van der Waals surface area contributed by atoms with Crippen LogP contribution in [0.1, 0.15) is 0 Å². The Hall–Kier alpha value is -0.620. The van der Waals surface area contributed by atoms with Crippen molar-refractivity contribution in [2.24, 2.45) is 5.73 Å². The lowest BCUT2D eigenvalue weighted by Gasteiger charge is -2.10. The molecular weight excluding hydrogens is 276 g/mol. The number of thioether (sulfide) groups is 1. The minimum absolute atomic E-state index is 0.134. The maximum atomic E-state index is 12.8. The predicted molar refractivity (Wildman–Crippen MR) is 54.1 cm³/mol. The van der Waals surface area contributed by atoms with Gasteiger partial charge in [-0.05, 0) is 36.0 Å². The van der Waals surface area contributed by atoms with E-state index >= 15 is 0 Å². The van der Waals surface area contributed by atoms with Crippen LogP contribution in [0, 0.1) is 0 Å². The van der Waals surface area contributed by atoms with E-state index in [-0.39, 0.29) is 16.7 Å². The molecule has 0 heterocycles. The minimum atomic E-state index is -3.56. The highest BCUT2D eigenvalue weighted by atomic mass is 79.9. The highest BCUT2D eigenvalue weighted by molar-refractivity contribution is 9.10. The number of halogens is 3. The number of amides is 1. The molecule has 2 N–H and O–H groups in total. The van der Waals surface area contributed by atoms with E-state index < -0.39 is 11.2 Å². The lowest BCUT2D eigenvalue weighted by atomic mass is 10.4. The third-order valence-electron chi connectivity index (χ3n) is 1.35. The zero-order chi connectivity index (χ0) is 10.8. The van der Waals surface area contributed by atoms with Crippen molar-refractivity contribution < 1.29 is 13.6 Å². The molecule has 76 valence electrons. The van der Waals surface area contributed by atoms with Crippen LogP contribution < -0.4 is 5.73 Å². The quantitative estimate of drug-likeness (QED) is 0.866.